The molecule has 0 radical (unpaired) electrons. The van der Waals surface area contributed by atoms with Crippen LogP contribution in [-0.4, -0.2) is 22.9 Å². The maximum atomic E-state index is 11.1. The number of hydrogen-bond donors (Lipinski definition) is 0. The summed E-state index contributed by atoms with van der Waals surface area (Å²) in [5.41, 5.74) is 0. The van der Waals surface area contributed by atoms with Gasteiger partial charge in [0.2, 0.25) is 0 Å². The summed E-state index contributed by atoms with van der Waals surface area (Å²) in [4.78, 5) is 11.1. The van der Waals surface area contributed by atoms with E-state index in [9.17, 15) is 4.79 Å². The fourth-order valence-corrected chi connectivity index (χ4v) is 1.98. The standard InChI is InChI=1S/C9H11BrN2O2/c1-14-9(13)6-2-8(3-6)12-5-7(10)4-11-12/h4-6,8H,2-3H2,1H3. The first-order chi connectivity index (χ1) is 6.70. The van der Waals surface area contributed by atoms with E-state index < -0.39 is 0 Å². The lowest BCUT2D eigenvalue weighted by molar-refractivity contribution is -0.149. The van der Waals surface area contributed by atoms with Gasteiger partial charge < -0.3 is 4.74 Å². The van der Waals surface area contributed by atoms with Crippen LogP contribution >= 0.6 is 15.9 Å². The molecule has 0 N–H and O–H groups in total. The highest BCUT2D eigenvalue weighted by molar-refractivity contribution is 9.10. The molecule has 1 aromatic heterocycles. The first-order valence-electron chi connectivity index (χ1n) is 4.48. The van der Waals surface area contributed by atoms with Crippen molar-refractivity contribution >= 4 is 21.9 Å². The highest BCUT2D eigenvalue weighted by Gasteiger charge is 2.36. The fourth-order valence-electron chi connectivity index (χ4n) is 1.68. The van der Waals surface area contributed by atoms with E-state index in [1.54, 1.807) is 6.20 Å². The first-order valence-corrected chi connectivity index (χ1v) is 5.27. The molecule has 76 valence electrons. The smallest absolute Gasteiger partial charge is 0.308 e. The highest BCUT2D eigenvalue weighted by atomic mass is 79.9. The van der Waals surface area contributed by atoms with E-state index in [0.717, 1.165) is 17.3 Å². The van der Waals surface area contributed by atoms with Gasteiger partial charge in [0.05, 0.1) is 29.7 Å². The molecule has 5 heteroatoms. The minimum absolute atomic E-state index is 0.0629. The van der Waals surface area contributed by atoms with Crippen molar-refractivity contribution in [3.8, 4) is 0 Å². The molecule has 0 spiro atoms. The fraction of sp³-hybridized carbons (Fsp3) is 0.556. The quantitative estimate of drug-likeness (QED) is 0.760. The second-order valence-electron chi connectivity index (χ2n) is 3.48. The Labute approximate surface area is 90.4 Å². The SMILES string of the molecule is COC(=O)C1CC(n2cc(Br)cn2)C1. The van der Waals surface area contributed by atoms with Gasteiger partial charge in [-0.25, -0.2) is 0 Å². The number of nitrogens with zero attached hydrogens (tertiary/aromatic N) is 2. The third-order valence-corrected chi connectivity index (χ3v) is 3.00. The molecule has 0 bridgehead atoms. The predicted octanol–water partition coefficient (Wildman–Crippen LogP) is 1.77. The van der Waals surface area contributed by atoms with Crippen LogP contribution in [0.25, 0.3) is 0 Å². The molecule has 1 heterocycles. The largest absolute Gasteiger partial charge is 0.469 e. The van der Waals surface area contributed by atoms with E-state index in [-0.39, 0.29) is 11.9 Å². The molecule has 4 nitrogen and oxygen atoms in total. The van der Waals surface area contributed by atoms with Crippen molar-refractivity contribution in [1.29, 1.82) is 0 Å². The van der Waals surface area contributed by atoms with Crippen LogP contribution in [0.5, 0.6) is 0 Å². The Bertz CT molecular complexity index is 344. The van der Waals surface area contributed by atoms with Crippen LogP contribution in [0.2, 0.25) is 0 Å². The third-order valence-electron chi connectivity index (χ3n) is 2.59. The summed E-state index contributed by atoms with van der Waals surface area (Å²) >= 11 is 3.34. The van der Waals surface area contributed by atoms with Crippen LogP contribution in [0.4, 0.5) is 0 Å². The number of ether oxygens (including phenoxy) is 1. The summed E-state index contributed by atoms with van der Waals surface area (Å²) in [6.45, 7) is 0. The Hall–Kier alpha value is -0.840. The van der Waals surface area contributed by atoms with Crippen LogP contribution in [0.15, 0.2) is 16.9 Å². The zero-order chi connectivity index (χ0) is 10.1. The summed E-state index contributed by atoms with van der Waals surface area (Å²) in [6, 6.07) is 0.352. The van der Waals surface area contributed by atoms with Gasteiger partial charge in [-0.05, 0) is 28.8 Å². The number of hydrogen-bond acceptors (Lipinski definition) is 3. The Balaban J connectivity index is 1.92. The summed E-state index contributed by atoms with van der Waals surface area (Å²) in [6.07, 6.45) is 5.35. The molecule has 0 aliphatic heterocycles. The van der Waals surface area contributed by atoms with Gasteiger partial charge in [0.1, 0.15) is 0 Å². The number of carbonyl (C=O) groups excluding carboxylic acids is 1. The van der Waals surface area contributed by atoms with Crippen LogP contribution in [0.3, 0.4) is 0 Å². The zero-order valence-corrected chi connectivity index (χ0v) is 9.40. The molecule has 0 saturated heterocycles. The molecule has 1 saturated carbocycles. The van der Waals surface area contributed by atoms with Gasteiger partial charge >= 0.3 is 5.97 Å². The molecule has 0 atom stereocenters. The number of aromatic nitrogens is 2. The van der Waals surface area contributed by atoms with Crippen molar-refractivity contribution in [2.75, 3.05) is 7.11 Å². The molecule has 1 aliphatic rings. The monoisotopic (exact) mass is 258 g/mol. The van der Waals surface area contributed by atoms with Crippen molar-refractivity contribution in [3.05, 3.63) is 16.9 Å². The maximum absolute atomic E-state index is 11.1. The van der Waals surface area contributed by atoms with Gasteiger partial charge in [0, 0.05) is 6.20 Å². The molecule has 0 amide bonds. The van der Waals surface area contributed by atoms with E-state index in [1.165, 1.54) is 7.11 Å². The summed E-state index contributed by atoms with van der Waals surface area (Å²) < 4.78 is 7.53. The van der Waals surface area contributed by atoms with E-state index in [4.69, 9.17) is 0 Å². The predicted molar refractivity (Wildman–Crippen MR) is 53.7 cm³/mol. The lowest BCUT2D eigenvalue weighted by Crippen LogP contribution is -2.33. The first kappa shape index (κ1) is 9.71. The molecule has 0 unspecified atom stereocenters. The average molecular weight is 259 g/mol. The second kappa shape index (κ2) is 3.73. The number of esters is 1. The second-order valence-corrected chi connectivity index (χ2v) is 4.40. The zero-order valence-electron chi connectivity index (χ0n) is 7.81. The van der Waals surface area contributed by atoms with Gasteiger partial charge in [0.25, 0.3) is 0 Å². The van der Waals surface area contributed by atoms with Gasteiger partial charge in [-0.1, -0.05) is 0 Å². The molecule has 14 heavy (non-hydrogen) atoms. The summed E-state index contributed by atoms with van der Waals surface area (Å²) in [5.74, 6) is -0.0413. The van der Waals surface area contributed by atoms with E-state index in [0.29, 0.717) is 6.04 Å². The normalized spacial score (nSPS) is 25.6. The van der Waals surface area contributed by atoms with Crippen LogP contribution in [-0.2, 0) is 9.53 Å². The van der Waals surface area contributed by atoms with Gasteiger partial charge in [0.15, 0.2) is 0 Å². The molecular formula is C9H11BrN2O2. The van der Waals surface area contributed by atoms with Crippen LogP contribution in [0, 0.1) is 5.92 Å². The van der Waals surface area contributed by atoms with E-state index in [1.807, 2.05) is 10.9 Å². The Kier molecular flexibility index (Phi) is 2.58. The lowest BCUT2D eigenvalue weighted by atomic mass is 9.80. The van der Waals surface area contributed by atoms with Crippen LogP contribution < -0.4 is 0 Å². The van der Waals surface area contributed by atoms with E-state index in [2.05, 4.69) is 25.8 Å². The number of halogens is 1. The van der Waals surface area contributed by atoms with Crippen molar-refractivity contribution in [1.82, 2.24) is 9.78 Å². The van der Waals surface area contributed by atoms with Gasteiger partial charge in [-0.2, -0.15) is 5.10 Å². The van der Waals surface area contributed by atoms with Crippen molar-refractivity contribution in [2.24, 2.45) is 5.92 Å². The molecule has 2 rings (SSSR count). The van der Waals surface area contributed by atoms with Crippen molar-refractivity contribution in [3.63, 3.8) is 0 Å². The van der Waals surface area contributed by atoms with Crippen LogP contribution in [0.1, 0.15) is 18.9 Å². The Morgan fingerprint density at radius 3 is 2.93 bits per heavy atom. The molecule has 1 aromatic rings. The van der Waals surface area contributed by atoms with Crippen molar-refractivity contribution in [2.45, 2.75) is 18.9 Å². The average Bonchev–Trinajstić information content (AvgIpc) is 2.49. The van der Waals surface area contributed by atoms with Gasteiger partial charge in [-0.15, -0.1) is 0 Å². The summed E-state index contributed by atoms with van der Waals surface area (Å²) in [7, 11) is 1.43. The molecular weight excluding hydrogens is 248 g/mol. The Morgan fingerprint density at radius 1 is 1.71 bits per heavy atom. The number of methoxy groups -OCH3 is 1. The topological polar surface area (TPSA) is 44.1 Å². The molecule has 1 aliphatic carbocycles. The lowest BCUT2D eigenvalue weighted by Gasteiger charge is -2.33. The highest BCUT2D eigenvalue weighted by Crippen LogP contribution is 2.38. The minimum atomic E-state index is -0.104. The van der Waals surface area contributed by atoms with Crippen molar-refractivity contribution < 1.29 is 9.53 Å². The van der Waals surface area contributed by atoms with E-state index >= 15 is 0 Å². The minimum Gasteiger partial charge on any atom is -0.469 e. The number of carbonyl (C=O) groups is 1. The maximum Gasteiger partial charge on any atom is 0.308 e. The molecule has 0 aromatic carbocycles. The summed E-state index contributed by atoms with van der Waals surface area (Å²) in [5, 5.41) is 4.18. The molecule has 1 fully saturated rings. The third kappa shape index (κ3) is 1.68. The Morgan fingerprint density at radius 2 is 2.43 bits per heavy atom. The number of rotatable bonds is 2. The van der Waals surface area contributed by atoms with Gasteiger partial charge in [-0.3, -0.25) is 9.48 Å².